The molecule has 0 amide bonds. The first-order chi connectivity index (χ1) is 8.27. The predicted molar refractivity (Wildman–Crippen MR) is 69.5 cm³/mol. The van der Waals surface area contributed by atoms with Crippen LogP contribution in [-0.4, -0.2) is 41.8 Å². The van der Waals surface area contributed by atoms with Crippen molar-refractivity contribution in [3.05, 3.63) is 17.8 Å². The van der Waals surface area contributed by atoms with Gasteiger partial charge in [0.05, 0.1) is 7.11 Å². The van der Waals surface area contributed by atoms with E-state index in [0.29, 0.717) is 5.82 Å². The largest absolute Gasteiger partial charge is 0.464 e. The Hall–Kier alpha value is -1.30. The van der Waals surface area contributed by atoms with Gasteiger partial charge in [0, 0.05) is 6.54 Å². The highest BCUT2D eigenvalue weighted by molar-refractivity contribution is 7.98. The molecule has 1 rings (SSSR count). The minimum Gasteiger partial charge on any atom is -0.464 e. The molecule has 0 fully saturated rings. The van der Waals surface area contributed by atoms with E-state index < -0.39 is 5.97 Å². The summed E-state index contributed by atoms with van der Waals surface area (Å²) < 4.78 is 4.54. The Kier molecular flexibility index (Phi) is 6.39. The molecule has 0 aliphatic heterocycles. The maximum atomic E-state index is 11.1. The van der Waals surface area contributed by atoms with Crippen LogP contribution in [0.3, 0.4) is 0 Å². The number of carbonyl (C=O) groups excluding carboxylic acids is 1. The van der Waals surface area contributed by atoms with Gasteiger partial charge in [-0.25, -0.2) is 4.79 Å². The van der Waals surface area contributed by atoms with Crippen molar-refractivity contribution < 1.29 is 9.53 Å². The SMILES string of the molecule is COC(=O)c1ccc(NCCCCSC)nn1. The summed E-state index contributed by atoms with van der Waals surface area (Å²) in [7, 11) is 1.32. The monoisotopic (exact) mass is 255 g/mol. The van der Waals surface area contributed by atoms with E-state index in [9.17, 15) is 4.79 Å². The van der Waals surface area contributed by atoms with Crippen LogP contribution >= 0.6 is 11.8 Å². The first-order valence-corrected chi connectivity index (χ1v) is 6.82. The summed E-state index contributed by atoms with van der Waals surface area (Å²) >= 11 is 1.85. The zero-order chi connectivity index (χ0) is 12.5. The van der Waals surface area contributed by atoms with Crippen molar-refractivity contribution in [3.8, 4) is 0 Å². The van der Waals surface area contributed by atoms with Gasteiger partial charge in [0.25, 0.3) is 0 Å². The van der Waals surface area contributed by atoms with E-state index in [2.05, 4.69) is 26.5 Å². The van der Waals surface area contributed by atoms with Crippen LogP contribution in [0.15, 0.2) is 12.1 Å². The Labute approximate surface area is 105 Å². The molecule has 0 radical (unpaired) electrons. The van der Waals surface area contributed by atoms with Crippen LogP contribution in [0.25, 0.3) is 0 Å². The molecule has 0 atom stereocenters. The predicted octanol–water partition coefficient (Wildman–Crippen LogP) is 1.82. The van der Waals surface area contributed by atoms with Gasteiger partial charge < -0.3 is 10.1 Å². The van der Waals surface area contributed by atoms with E-state index in [1.165, 1.54) is 19.3 Å². The molecule has 0 aliphatic carbocycles. The van der Waals surface area contributed by atoms with Gasteiger partial charge in [0.15, 0.2) is 5.69 Å². The Morgan fingerprint density at radius 2 is 2.24 bits per heavy atom. The normalized spacial score (nSPS) is 10.0. The zero-order valence-electron chi connectivity index (χ0n) is 10.1. The molecule has 1 aromatic heterocycles. The van der Waals surface area contributed by atoms with Gasteiger partial charge in [0.1, 0.15) is 5.82 Å². The van der Waals surface area contributed by atoms with Gasteiger partial charge in [0.2, 0.25) is 0 Å². The van der Waals surface area contributed by atoms with Crippen molar-refractivity contribution >= 4 is 23.5 Å². The zero-order valence-corrected chi connectivity index (χ0v) is 10.9. The van der Waals surface area contributed by atoms with Gasteiger partial charge in [-0.2, -0.15) is 11.8 Å². The van der Waals surface area contributed by atoms with Gasteiger partial charge in [-0.1, -0.05) is 0 Å². The van der Waals surface area contributed by atoms with Crippen LogP contribution in [0.5, 0.6) is 0 Å². The van der Waals surface area contributed by atoms with Crippen molar-refractivity contribution in [2.45, 2.75) is 12.8 Å². The number of rotatable bonds is 7. The first kappa shape index (κ1) is 13.8. The second kappa shape index (κ2) is 7.89. The number of methoxy groups -OCH3 is 1. The molecule has 1 aromatic rings. The van der Waals surface area contributed by atoms with E-state index in [1.807, 2.05) is 11.8 Å². The number of carbonyl (C=O) groups is 1. The molecular formula is C11H17N3O2S. The van der Waals surface area contributed by atoms with Crippen molar-refractivity contribution in [1.29, 1.82) is 0 Å². The fourth-order valence-electron chi connectivity index (χ4n) is 1.23. The molecule has 0 aliphatic rings. The second-order valence-corrected chi connectivity index (χ2v) is 4.41. The van der Waals surface area contributed by atoms with Crippen LogP contribution in [0.1, 0.15) is 23.3 Å². The number of nitrogens with one attached hydrogen (secondary N) is 1. The standard InChI is InChI=1S/C11H17N3O2S/c1-16-11(15)9-5-6-10(14-13-9)12-7-3-4-8-17-2/h5-6H,3-4,7-8H2,1-2H3,(H,12,14). The number of esters is 1. The average Bonchev–Trinajstić information content (AvgIpc) is 2.38. The summed E-state index contributed by atoms with van der Waals surface area (Å²) in [5.41, 5.74) is 0.223. The minimum absolute atomic E-state index is 0.223. The lowest BCUT2D eigenvalue weighted by Crippen LogP contribution is -2.08. The van der Waals surface area contributed by atoms with E-state index >= 15 is 0 Å². The van der Waals surface area contributed by atoms with Crippen LogP contribution in [-0.2, 0) is 4.74 Å². The van der Waals surface area contributed by atoms with Crippen LogP contribution < -0.4 is 5.32 Å². The lowest BCUT2D eigenvalue weighted by molar-refractivity contribution is 0.0593. The Morgan fingerprint density at radius 1 is 1.41 bits per heavy atom. The first-order valence-electron chi connectivity index (χ1n) is 5.42. The molecule has 5 nitrogen and oxygen atoms in total. The lowest BCUT2D eigenvalue weighted by Gasteiger charge is -2.04. The van der Waals surface area contributed by atoms with Crippen molar-refractivity contribution in [1.82, 2.24) is 10.2 Å². The van der Waals surface area contributed by atoms with Crippen LogP contribution in [0.4, 0.5) is 5.82 Å². The molecule has 0 saturated carbocycles. The average molecular weight is 255 g/mol. The molecule has 1 heterocycles. The number of unbranched alkanes of at least 4 members (excludes halogenated alkanes) is 1. The Balaban J connectivity index is 2.33. The van der Waals surface area contributed by atoms with Gasteiger partial charge in [-0.3, -0.25) is 0 Å². The van der Waals surface area contributed by atoms with E-state index in [0.717, 1.165) is 13.0 Å². The molecular weight excluding hydrogens is 238 g/mol. The summed E-state index contributed by atoms with van der Waals surface area (Å²) in [6.07, 6.45) is 4.38. The molecule has 0 aromatic carbocycles. The molecule has 1 N–H and O–H groups in total. The highest BCUT2D eigenvalue weighted by Crippen LogP contribution is 2.04. The fourth-order valence-corrected chi connectivity index (χ4v) is 1.72. The fraction of sp³-hybridized carbons (Fsp3) is 0.545. The van der Waals surface area contributed by atoms with E-state index in [4.69, 9.17) is 0 Å². The summed E-state index contributed by atoms with van der Waals surface area (Å²) in [5, 5.41) is 10.8. The minimum atomic E-state index is -0.468. The number of ether oxygens (including phenoxy) is 1. The number of anilines is 1. The second-order valence-electron chi connectivity index (χ2n) is 3.42. The van der Waals surface area contributed by atoms with Gasteiger partial charge in [-0.05, 0) is 37.0 Å². The number of nitrogens with zero attached hydrogens (tertiary/aromatic N) is 2. The van der Waals surface area contributed by atoms with Crippen LogP contribution in [0.2, 0.25) is 0 Å². The lowest BCUT2D eigenvalue weighted by atomic mass is 10.3. The Morgan fingerprint density at radius 3 is 2.82 bits per heavy atom. The summed E-state index contributed by atoms with van der Waals surface area (Å²) in [5.74, 6) is 1.39. The number of hydrogen-bond acceptors (Lipinski definition) is 6. The highest BCUT2D eigenvalue weighted by atomic mass is 32.2. The Bertz CT molecular complexity index is 343. The van der Waals surface area contributed by atoms with Gasteiger partial charge in [-0.15, -0.1) is 10.2 Å². The molecule has 0 bridgehead atoms. The topological polar surface area (TPSA) is 64.1 Å². The van der Waals surface area contributed by atoms with Crippen molar-refractivity contribution in [2.24, 2.45) is 0 Å². The van der Waals surface area contributed by atoms with E-state index in [1.54, 1.807) is 12.1 Å². The summed E-state index contributed by atoms with van der Waals surface area (Å²) in [4.78, 5) is 11.1. The van der Waals surface area contributed by atoms with Crippen molar-refractivity contribution in [3.63, 3.8) is 0 Å². The molecule has 0 unspecified atom stereocenters. The van der Waals surface area contributed by atoms with E-state index in [-0.39, 0.29) is 5.69 Å². The summed E-state index contributed by atoms with van der Waals surface area (Å²) in [6, 6.07) is 3.33. The van der Waals surface area contributed by atoms with Gasteiger partial charge >= 0.3 is 5.97 Å². The van der Waals surface area contributed by atoms with Crippen molar-refractivity contribution in [2.75, 3.05) is 31.0 Å². The molecule has 17 heavy (non-hydrogen) atoms. The smallest absolute Gasteiger partial charge is 0.358 e. The third-order valence-electron chi connectivity index (χ3n) is 2.14. The quantitative estimate of drug-likeness (QED) is 0.592. The maximum absolute atomic E-state index is 11.1. The van der Waals surface area contributed by atoms with Crippen LogP contribution in [0, 0.1) is 0 Å². The molecule has 94 valence electrons. The summed E-state index contributed by atoms with van der Waals surface area (Å²) in [6.45, 7) is 0.868. The number of thioether (sulfide) groups is 1. The number of aromatic nitrogens is 2. The molecule has 0 spiro atoms. The third kappa shape index (κ3) is 5.04. The maximum Gasteiger partial charge on any atom is 0.358 e. The molecule has 0 saturated heterocycles. The molecule has 6 heteroatoms. The highest BCUT2D eigenvalue weighted by Gasteiger charge is 2.06. The third-order valence-corrected chi connectivity index (χ3v) is 2.84. The number of hydrogen-bond donors (Lipinski definition) is 1.